The van der Waals surface area contributed by atoms with Crippen molar-refractivity contribution in [3.05, 3.63) is 29.8 Å². The molecule has 0 heterocycles. The highest BCUT2D eigenvalue weighted by Crippen LogP contribution is 2.12. The normalized spacial score (nSPS) is 11.7. The van der Waals surface area contributed by atoms with Gasteiger partial charge < -0.3 is 15.8 Å². The molecule has 5 nitrogen and oxygen atoms in total. The quantitative estimate of drug-likeness (QED) is 0.753. The first-order valence-electron chi connectivity index (χ1n) is 5.23. The second kappa shape index (κ2) is 6.00. The van der Waals surface area contributed by atoms with Gasteiger partial charge in [0.05, 0.1) is 7.11 Å². The number of esters is 1. The number of benzene rings is 1. The summed E-state index contributed by atoms with van der Waals surface area (Å²) in [5.74, 6) is -0.589. The van der Waals surface area contributed by atoms with E-state index in [0.29, 0.717) is 12.1 Å². The Balaban J connectivity index is 2.71. The van der Waals surface area contributed by atoms with Crippen LogP contribution in [0.15, 0.2) is 24.3 Å². The molecule has 0 radical (unpaired) electrons. The van der Waals surface area contributed by atoms with Gasteiger partial charge in [0, 0.05) is 12.6 Å². The van der Waals surface area contributed by atoms with Gasteiger partial charge in [-0.25, -0.2) is 0 Å². The molecule has 1 unspecified atom stereocenters. The maximum atomic E-state index is 11.2. The molecule has 1 amide bonds. The van der Waals surface area contributed by atoms with Crippen LogP contribution in [-0.4, -0.2) is 25.0 Å². The summed E-state index contributed by atoms with van der Waals surface area (Å²) in [5, 5.41) is 2.67. The van der Waals surface area contributed by atoms with E-state index in [1.54, 1.807) is 18.2 Å². The maximum Gasteiger partial charge on any atom is 0.322 e. The number of nitrogens with two attached hydrogens (primary N) is 1. The van der Waals surface area contributed by atoms with Crippen LogP contribution in [0.4, 0.5) is 5.69 Å². The lowest BCUT2D eigenvalue weighted by atomic mass is 10.1. The van der Waals surface area contributed by atoms with E-state index >= 15 is 0 Å². The molecule has 1 atom stereocenters. The highest BCUT2D eigenvalue weighted by molar-refractivity contribution is 5.88. The molecule has 0 fully saturated rings. The monoisotopic (exact) mass is 236 g/mol. The van der Waals surface area contributed by atoms with Crippen molar-refractivity contribution >= 4 is 17.6 Å². The lowest BCUT2D eigenvalue weighted by molar-refractivity contribution is -0.142. The third-order valence-electron chi connectivity index (χ3n) is 2.21. The largest absolute Gasteiger partial charge is 0.468 e. The standard InChI is InChI=1S/C12H16N2O3/c1-8(15)14-10-5-3-4-9(6-10)7-11(13)12(16)17-2/h3-6,11H,7,13H2,1-2H3,(H,14,15). The second-order valence-electron chi connectivity index (χ2n) is 3.72. The fourth-order valence-corrected chi connectivity index (χ4v) is 1.47. The topological polar surface area (TPSA) is 81.4 Å². The Morgan fingerprint density at radius 1 is 1.47 bits per heavy atom. The summed E-state index contributed by atoms with van der Waals surface area (Å²) in [6.07, 6.45) is 0.375. The van der Waals surface area contributed by atoms with Gasteiger partial charge in [-0.3, -0.25) is 9.59 Å². The minimum atomic E-state index is -0.687. The number of rotatable bonds is 4. The summed E-state index contributed by atoms with van der Waals surface area (Å²) in [4.78, 5) is 22.1. The van der Waals surface area contributed by atoms with E-state index < -0.39 is 12.0 Å². The Hall–Kier alpha value is -1.88. The third kappa shape index (κ3) is 4.24. The van der Waals surface area contributed by atoms with Gasteiger partial charge in [-0.15, -0.1) is 0 Å². The van der Waals surface area contributed by atoms with Crippen molar-refractivity contribution in [2.75, 3.05) is 12.4 Å². The van der Waals surface area contributed by atoms with Crippen LogP contribution >= 0.6 is 0 Å². The van der Waals surface area contributed by atoms with E-state index in [2.05, 4.69) is 10.1 Å². The summed E-state index contributed by atoms with van der Waals surface area (Å²) in [6, 6.07) is 6.50. The van der Waals surface area contributed by atoms with Crippen LogP contribution in [0.25, 0.3) is 0 Å². The fourth-order valence-electron chi connectivity index (χ4n) is 1.47. The van der Waals surface area contributed by atoms with Crippen molar-refractivity contribution in [2.45, 2.75) is 19.4 Å². The van der Waals surface area contributed by atoms with Crippen LogP contribution in [-0.2, 0) is 20.7 Å². The molecule has 1 aromatic carbocycles. The number of nitrogens with one attached hydrogen (secondary N) is 1. The highest BCUT2D eigenvalue weighted by atomic mass is 16.5. The Morgan fingerprint density at radius 2 is 2.18 bits per heavy atom. The number of carbonyl (C=O) groups is 2. The van der Waals surface area contributed by atoms with E-state index in [9.17, 15) is 9.59 Å². The average molecular weight is 236 g/mol. The molecule has 0 saturated heterocycles. The first-order valence-corrected chi connectivity index (χ1v) is 5.23. The van der Waals surface area contributed by atoms with Crippen molar-refractivity contribution in [3.63, 3.8) is 0 Å². The molecule has 17 heavy (non-hydrogen) atoms. The van der Waals surface area contributed by atoms with Crippen LogP contribution in [0.1, 0.15) is 12.5 Å². The van der Waals surface area contributed by atoms with Gasteiger partial charge in [0.1, 0.15) is 6.04 Å². The Kier molecular flexibility index (Phi) is 4.66. The predicted molar refractivity (Wildman–Crippen MR) is 64.4 cm³/mol. The number of carbonyl (C=O) groups excluding carboxylic acids is 2. The van der Waals surface area contributed by atoms with E-state index in [0.717, 1.165) is 5.56 Å². The van der Waals surface area contributed by atoms with Gasteiger partial charge in [0.25, 0.3) is 0 Å². The van der Waals surface area contributed by atoms with Crippen molar-refractivity contribution in [1.29, 1.82) is 0 Å². The zero-order chi connectivity index (χ0) is 12.8. The van der Waals surface area contributed by atoms with Gasteiger partial charge in [0.2, 0.25) is 5.91 Å². The highest BCUT2D eigenvalue weighted by Gasteiger charge is 2.14. The molecule has 0 aliphatic heterocycles. The van der Waals surface area contributed by atoms with Crippen molar-refractivity contribution in [2.24, 2.45) is 5.73 Å². The van der Waals surface area contributed by atoms with Crippen LogP contribution in [0.3, 0.4) is 0 Å². The van der Waals surface area contributed by atoms with E-state index in [4.69, 9.17) is 5.73 Å². The average Bonchev–Trinajstić information content (AvgIpc) is 2.27. The second-order valence-corrected chi connectivity index (χ2v) is 3.72. The number of anilines is 1. The Labute approximate surface area is 99.9 Å². The molecule has 3 N–H and O–H groups in total. The molecule has 5 heteroatoms. The lowest BCUT2D eigenvalue weighted by Crippen LogP contribution is -2.33. The molecule has 92 valence electrons. The third-order valence-corrected chi connectivity index (χ3v) is 2.21. The van der Waals surface area contributed by atoms with Gasteiger partial charge in [-0.2, -0.15) is 0 Å². The molecule has 0 bridgehead atoms. The van der Waals surface area contributed by atoms with Crippen LogP contribution in [0.5, 0.6) is 0 Å². The van der Waals surface area contributed by atoms with Gasteiger partial charge in [-0.05, 0) is 24.1 Å². The smallest absolute Gasteiger partial charge is 0.322 e. The molecule has 0 spiro atoms. The van der Waals surface area contributed by atoms with Gasteiger partial charge in [-0.1, -0.05) is 12.1 Å². The molecule has 1 aromatic rings. The number of amides is 1. The van der Waals surface area contributed by atoms with E-state index in [1.807, 2.05) is 6.07 Å². The molecule has 0 aromatic heterocycles. The number of hydrogen-bond acceptors (Lipinski definition) is 4. The maximum absolute atomic E-state index is 11.2. The van der Waals surface area contributed by atoms with E-state index in [-0.39, 0.29) is 5.91 Å². The predicted octanol–water partition coefficient (Wildman–Crippen LogP) is 0.688. The Morgan fingerprint density at radius 3 is 2.76 bits per heavy atom. The van der Waals surface area contributed by atoms with Crippen LogP contribution in [0.2, 0.25) is 0 Å². The summed E-state index contributed by atoms with van der Waals surface area (Å²) in [6.45, 7) is 1.44. The summed E-state index contributed by atoms with van der Waals surface area (Å²) in [5.41, 5.74) is 7.21. The number of methoxy groups -OCH3 is 1. The van der Waals surface area contributed by atoms with Gasteiger partial charge >= 0.3 is 5.97 Å². The number of ether oxygens (including phenoxy) is 1. The molecule has 0 aliphatic carbocycles. The molecule has 1 rings (SSSR count). The minimum Gasteiger partial charge on any atom is -0.468 e. The lowest BCUT2D eigenvalue weighted by Gasteiger charge is -2.10. The Bertz CT molecular complexity index is 418. The SMILES string of the molecule is COC(=O)C(N)Cc1cccc(NC(C)=O)c1. The molecule has 0 aliphatic rings. The summed E-state index contributed by atoms with van der Waals surface area (Å²) in [7, 11) is 1.30. The first kappa shape index (κ1) is 13.2. The van der Waals surface area contributed by atoms with Crippen LogP contribution < -0.4 is 11.1 Å². The van der Waals surface area contributed by atoms with Crippen LogP contribution in [0, 0.1) is 0 Å². The zero-order valence-corrected chi connectivity index (χ0v) is 9.90. The molecular weight excluding hydrogens is 220 g/mol. The first-order chi connectivity index (χ1) is 8.02. The molecule has 0 saturated carbocycles. The van der Waals surface area contributed by atoms with Crippen molar-refractivity contribution < 1.29 is 14.3 Å². The van der Waals surface area contributed by atoms with Crippen molar-refractivity contribution in [1.82, 2.24) is 0 Å². The molecular formula is C12H16N2O3. The zero-order valence-electron chi connectivity index (χ0n) is 9.90. The summed E-state index contributed by atoms with van der Waals surface area (Å²) < 4.78 is 4.55. The minimum absolute atomic E-state index is 0.139. The van der Waals surface area contributed by atoms with Gasteiger partial charge in [0.15, 0.2) is 0 Å². The summed E-state index contributed by atoms with van der Waals surface area (Å²) >= 11 is 0. The fraction of sp³-hybridized carbons (Fsp3) is 0.333. The number of hydrogen-bond donors (Lipinski definition) is 2. The van der Waals surface area contributed by atoms with E-state index in [1.165, 1.54) is 14.0 Å². The van der Waals surface area contributed by atoms with Crippen molar-refractivity contribution in [3.8, 4) is 0 Å².